The Labute approximate surface area is 165 Å². The van der Waals surface area contributed by atoms with Crippen LogP contribution in [0.5, 0.6) is 0 Å². The van der Waals surface area contributed by atoms with Gasteiger partial charge in [0.2, 0.25) is 0 Å². The molecule has 0 bridgehead atoms. The Balaban J connectivity index is 1.46. The molecular weight excluding hydrogens is 356 g/mol. The molecule has 2 aromatic rings. The molecular formula is C21H28N4OS. The summed E-state index contributed by atoms with van der Waals surface area (Å²) in [5.41, 5.74) is 2.39. The van der Waals surface area contributed by atoms with Crippen molar-refractivity contribution in [3.05, 3.63) is 45.7 Å². The third-order valence-corrected chi connectivity index (χ3v) is 6.98. The molecule has 0 radical (unpaired) electrons. The van der Waals surface area contributed by atoms with Crippen molar-refractivity contribution in [3.8, 4) is 0 Å². The summed E-state index contributed by atoms with van der Waals surface area (Å²) in [4.78, 5) is 27.3. The van der Waals surface area contributed by atoms with Crippen molar-refractivity contribution < 1.29 is 4.79 Å². The van der Waals surface area contributed by atoms with Gasteiger partial charge in [0, 0.05) is 44.0 Å². The molecule has 1 amide bonds. The van der Waals surface area contributed by atoms with Gasteiger partial charge < -0.3 is 4.90 Å². The van der Waals surface area contributed by atoms with Gasteiger partial charge in [-0.25, -0.2) is 4.98 Å². The summed E-state index contributed by atoms with van der Waals surface area (Å²) in [6.45, 7) is 8.85. The summed E-state index contributed by atoms with van der Waals surface area (Å²) >= 11 is 1.53. The van der Waals surface area contributed by atoms with E-state index in [0.29, 0.717) is 0 Å². The second-order valence-corrected chi connectivity index (χ2v) is 9.36. The smallest absolute Gasteiger partial charge is 0.265 e. The zero-order valence-electron chi connectivity index (χ0n) is 16.3. The average molecular weight is 385 g/mol. The van der Waals surface area contributed by atoms with Crippen LogP contribution in [0.3, 0.4) is 0 Å². The number of amides is 1. The topological polar surface area (TPSA) is 49.3 Å². The van der Waals surface area contributed by atoms with E-state index in [1.165, 1.54) is 36.2 Å². The first kappa shape index (κ1) is 18.6. The summed E-state index contributed by atoms with van der Waals surface area (Å²) in [5.74, 6) is 0.182. The van der Waals surface area contributed by atoms with Crippen LogP contribution in [0.1, 0.15) is 51.6 Å². The van der Waals surface area contributed by atoms with Gasteiger partial charge in [-0.15, -0.1) is 11.3 Å². The summed E-state index contributed by atoms with van der Waals surface area (Å²) in [6, 6.07) is 4.16. The molecule has 2 aliphatic rings. The van der Waals surface area contributed by atoms with E-state index < -0.39 is 0 Å². The number of likely N-dealkylation sites (tertiary alicyclic amines) is 2. The molecule has 0 N–H and O–H groups in total. The Hall–Kier alpha value is -1.79. The number of carbonyl (C=O) groups is 1. The lowest BCUT2D eigenvalue weighted by Gasteiger charge is -2.48. The van der Waals surface area contributed by atoms with E-state index in [0.717, 1.165) is 54.7 Å². The molecule has 144 valence electrons. The van der Waals surface area contributed by atoms with Crippen LogP contribution in [0.4, 0.5) is 0 Å². The van der Waals surface area contributed by atoms with Crippen molar-refractivity contribution in [2.45, 2.75) is 46.1 Å². The van der Waals surface area contributed by atoms with Crippen molar-refractivity contribution in [2.75, 3.05) is 26.2 Å². The highest BCUT2D eigenvalue weighted by molar-refractivity contribution is 7.13. The van der Waals surface area contributed by atoms with Gasteiger partial charge in [-0.2, -0.15) is 0 Å². The molecule has 2 fully saturated rings. The van der Waals surface area contributed by atoms with Crippen LogP contribution >= 0.6 is 11.3 Å². The number of hydrogen-bond acceptors (Lipinski definition) is 5. The number of aryl methyl sites for hydroxylation is 2. The van der Waals surface area contributed by atoms with Crippen LogP contribution < -0.4 is 0 Å². The number of carbonyl (C=O) groups excluding carboxylic acids is 1. The van der Waals surface area contributed by atoms with Crippen LogP contribution in [0, 0.1) is 19.3 Å². The van der Waals surface area contributed by atoms with E-state index in [1.807, 2.05) is 32.3 Å². The molecule has 0 aliphatic carbocycles. The maximum atomic E-state index is 13.1. The lowest BCUT2D eigenvalue weighted by atomic mass is 9.73. The first-order valence-corrected chi connectivity index (χ1v) is 10.7. The Morgan fingerprint density at radius 3 is 2.74 bits per heavy atom. The van der Waals surface area contributed by atoms with Crippen LogP contribution in [0.15, 0.2) is 24.5 Å². The molecule has 1 atom stereocenters. The third-order valence-electron chi connectivity index (χ3n) is 5.92. The van der Waals surface area contributed by atoms with Crippen LogP contribution in [-0.2, 0) is 6.54 Å². The SMILES string of the molecule is Cc1nc(C)c(C(=O)N2CCCC3(CCCN(Cc4cccnc4)C3)C2)s1. The maximum Gasteiger partial charge on any atom is 0.265 e. The fraction of sp³-hybridized carbons (Fsp3) is 0.571. The average Bonchev–Trinajstić information content (AvgIpc) is 3.00. The molecule has 2 aromatic heterocycles. The zero-order valence-corrected chi connectivity index (χ0v) is 17.1. The van der Waals surface area contributed by atoms with Crippen LogP contribution in [0.25, 0.3) is 0 Å². The van der Waals surface area contributed by atoms with Crippen molar-refractivity contribution >= 4 is 17.2 Å². The summed E-state index contributed by atoms with van der Waals surface area (Å²) in [7, 11) is 0. The van der Waals surface area contributed by atoms with Gasteiger partial charge in [0.1, 0.15) is 4.88 Å². The lowest BCUT2D eigenvalue weighted by molar-refractivity contribution is 0.0115. The molecule has 2 saturated heterocycles. The van der Waals surface area contributed by atoms with Gasteiger partial charge in [0.25, 0.3) is 5.91 Å². The first-order chi connectivity index (χ1) is 13.0. The molecule has 2 aliphatic heterocycles. The monoisotopic (exact) mass is 384 g/mol. The first-order valence-electron chi connectivity index (χ1n) is 9.89. The second-order valence-electron chi connectivity index (χ2n) is 8.15. The summed E-state index contributed by atoms with van der Waals surface area (Å²) < 4.78 is 0. The van der Waals surface area contributed by atoms with Gasteiger partial charge >= 0.3 is 0 Å². The van der Waals surface area contributed by atoms with E-state index in [-0.39, 0.29) is 11.3 Å². The number of piperidine rings is 2. The highest BCUT2D eigenvalue weighted by Gasteiger charge is 2.41. The molecule has 1 unspecified atom stereocenters. The Morgan fingerprint density at radius 2 is 2.04 bits per heavy atom. The summed E-state index contributed by atoms with van der Waals surface area (Å²) in [5, 5.41) is 0.975. The molecule has 1 spiro atoms. The Morgan fingerprint density at radius 1 is 1.22 bits per heavy atom. The van der Waals surface area contributed by atoms with Gasteiger partial charge in [-0.05, 0) is 57.7 Å². The zero-order chi connectivity index (χ0) is 18.9. The Kier molecular flexibility index (Phi) is 5.28. The molecule has 6 heteroatoms. The highest BCUT2D eigenvalue weighted by Crippen LogP contribution is 2.39. The minimum absolute atomic E-state index is 0.182. The van der Waals surface area contributed by atoms with E-state index in [1.54, 1.807) is 0 Å². The number of hydrogen-bond donors (Lipinski definition) is 0. The Bertz CT molecular complexity index is 802. The van der Waals surface area contributed by atoms with Gasteiger partial charge in [-0.1, -0.05) is 6.07 Å². The molecule has 27 heavy (non-hydrogen) atoms. The minimum Gasteiger partial charge on any atom is -0.337 e. The minimum atomic E-state index is 0.182. The quantitative estimate of drug-likeness (QED) is 0.810. The van der Waals surface area contributed by atoms with Crippen LogP contribution in [0.2, 0.25) is 0 Å². The van der Waals surface area contributed by atoms with Gasteiger partial charge in [0.15, 0.2) is 0 Å². The van der Waals surface area contributed by atoms with E-state index in [2.05, 4.69) is 25.8 Å². The summed E-state index contributed by atoms with van der Waals surface area (Å²) in [6.07, 6.45) is 8.55. The molecule has 0 saturated carbocycles. The predicted molar refractivity (Wildman–Crippen MR) is 108 cm³/mol. The molecule has 4 heterocycles. The number of nitrogens with zero attached hydrogens (tertiary/aromatic N) is 4. The maximum absolute atomic E-state index is 13.1. The second kappa shape index (κ2) is 7.68. The standard InChI is InChI=1S/C21H28N4OS/c1-16-19(27-17(2)23-16)20(26)25-11-5-8-21(15-25)7-4-10-24(14-21)13-18-6-3-9-22-12-18/h3,6,9,12H,4-5,7-8,10-11,13-15H2,1-2H3. The van der Waals surface area contributed by atoms with Gasteiger partial charge in [-0.3, -0.25) is 14.7 Å². The highest BCUT2D eigenvalue weighted by atomic mass is 32.1. The van der Waals surface area contributed by atoms with Crippen molar-refractivity contribution in [2.24, 2.45) is 5.41 Å². The van der Waals surface area contributed by atoms with Crippen molar-refractivity contribution in [3.63, 3.8) is 0 Å². The van der Waals surface area contributed by atoms with E-state index >= 15 is 0 Å². The fourth-order valence-electron chi connectivity index (χ4n) is 4.78. The number of pyridine rings is 1. The normalized spacial score (nSPS) is 23.7. The number of thiazole rings is 1. The van der Waals surface area contributed by atoms with E-state index in [9.17, 15) is 4.79 Å². The van der Waals surface area contributed by atoms with Crippen molar-refractivity contribution in [1.29, 1.82) is 0 Å². The number of aromatic nitrogens is 2. The molecule has 5 nitrogen and oxygen atoms in total. The fourth-order valence-corrected chi connectivity index (χ4v) is 5.67. The van der Waals surface area contributed by atoms with Crippen LogP contribution in [-0.4, -0.2) is 51.9 Å². The van der Waals surface area contributed by atoms with Gasteiger partial charge in [0.05, 0.1) is 10.7 Å². The molecule has 0 aromatic carbocycles. The molecule has 4 rings (SSSR count). The largest absolute Gasteiger partial charge is 0.337 e. The lowest BCUT2D eigenvalue weighted by Crippen LogP contribution is -2.53. The van der Waals surface area contributed by atoms with Crippen molar-refractivity contribution in [1.82, 2.24) is 19.8 Å². The number of rotatable bonds is 3. The van der Waals surface area contributed by atoms with E-state index in [4.69, 9.17) is 0 Å². The third kappa shape index (κ3) is 4.06. The predicted octanol–water partition coefficient (Wildman–Crippen LogP) is 3.67.